The Labute approximate surface area is 199 Å². The van der Waals surface area contributed by atoms with Gasteiger partial charge in [0.2, 0.25) is 5.91 Å². The molecule has 34 heavy (non-hydrogen) atoms. The number of benzene rings is 2. The number of nitrogens with one attached hydrogen (secondary N) is 2. The molecule has 182 valence electrons. The number of rotatable bonds is 12. The minimum Gasteiger partial charge on any atom is -0.481 e. The second kappa shape index (κ2) is 12.2. The van der Waals surface area contributed by atoms with Crippen LogP contribution in [0.4, 0.5) is 4.79 Å². The average molecular weight is 469 g/mol. The van der Waals surface area contributed by atoms with Crippen LogP contribution >= 0.6 is 0 Å². The van der Waals surface area contributed by atoms with Crippen LogP contribution in [0.25, 0.3) is 11.1 Å². The molecule has 0 spiro atoms. The fraction of sp³-hybridized carbons (Fsp3) is 0.423. The maximum Gasteiger partial charge on any atom is 0.407 e. The lowest BCUT2D eigenvalue weighted by atomic mass is 9.98. The monoisotopic (exact) mass is 468 g/mol. The second-order valence-corrected chi connectivity index (χ2v) is 8.46. The molecule has 0 fully saturated rings. The van der Waals surface area contributed by atoms with Gasteiger partial charge in [0.1, 0.15) is 12.7 Å². The molecule has 2 aromatic rings. The van der Waals surface area contributed by atoms with Gasteiger partial charge in [0.25, 0.3) is 0 Å². The second-order valence-electron chi connectivity index (χ2n) is 8.46. The number of hydrogen-bond donors (Lipinski definition) is 3. The number of amides is 2. The molecule has 0 aliphatic heterocycles. The van der Waals surface area contributed by atoms with Crippen molar-refractivity contribution in [3.8, 4) is 11.1 Å². The minimum absolute atomic E-state index is 0.0155. The van der Waals surface area contributed by atoms with Crippen LogP contribution in [0.1, 0.15) is 49.7 Å². The summed E-state index contributed by atoms with van der Waals surface area (Å²) >= 11 is 0. The normalized spacial score (nSPS) is 13.9. The van der Waals surface area contributed by atoms with Gasteiger partial charge in [0, 0.05) is 38.5 Å². The zero-order chi connectivity index (χ0) is 24.5. The van der Waals surface area contributed by atoms with E-state index in [0.717, 1.165) is 11.1 Å². The number of aliphatic carboxylic acids is 1. The molecular weight excluding hydrogens is 436 g/mol. The summed E-state index contributed by atoms with van der Waals surface area (Å²) in [4.78, 5) is 35.3. The predicted molar refractivity (Wildman–Crippen MR) is 128 cm³/mol. The Balaban J connectivity index is 1.43. The van der Waals surface area contributed by atoms with E-state index < -0.39 is 18.2 Å². The number of carbonyl (C=O) groups excluding carboxylic acids is 2. The number of carbonyl (C=O) groups is 3. The molecular formula is C26H32N2O6. The van der Waals surface area contributed by atoms with Gasteiger partial charge in [-0.15, -0.1) is 0 Å². The van der Waals surface area contributed by atoms with Gasteiger partial charge >= 0.3 is 12.1 Å². The Morgan fingerprint density at radius 1 is 1.00 bits per heavy atom. The van der Waals surface area contributed by atoms with Crippen molar-refractivity contribution in [1.82, 2.24) is 10.6 Å². The lowest BCUT2D eigenvalue weighted by Crippen LogP contribution is -2.42. The van der Waals surface area contributed by atoms with Gasteiger partial charge in [-0.2, -0.15) is 0 Å². The predicted octanol–water partition coefficient (Wildman–Crippen LogP) is 3.69. The first kappa shape index (κ1) is 25.2. The fourth-order valence-electron chi connectivity index (χ4n) is 4.28. The maximum atomic E-state index is 12.4. The van der Waals surface area contributed by atoms with E-state index in [-0.39, 0.29) is 43.9 Å². The SMILES string of the molecule is COC(CCNC(=O)OCC1c2ccccc2-c2ccccc21)C(=O)NC(C)CCCC(=O)O. The standard InChI is InChI=1S/C26H32N2O6/c1-17(8-7-13-24(29)30)28-25(31)23(33-2)14-15-27-26(32)34-16-22-20-11-5-3-9-18(20)19-10-4-6-12-21(19)22/h3-6,9-12,17,22-23H,7-8,13-16H2,1-2H3,(H,27,32)(H,28,31)(H,29,30). The van der Waals surface area contributed by atoms with Crippen molar-refractivity contribution in [1.29, 1.82) is 0 Å². The van der Waals surface area contributed by atoms with Crippen LogP contribution in [-0.2, 0) is 19.1 Å². The Morgan fingerprint density at radius 2 is 1.62 bits per heavy atom. The molecule has 2 amide bonds. The van der Waals surface area contributed by atoms with E-state index in [1.807, 2.05) is 31.2 Å². The van der Waals surface area contributed by atoms with Crippen molar-refractivity contribution >= 4 is 18.0 Å². The van der Waals surface area contributed by atoms with Gasteiger partial charge in [-0.25, -0.2) is 4.79 Å². The van der Waals surface area contributed by atoms with Crippen LogP contribution < -0.4 is 10.6 Å². The van der Waals surface area contributed by atoms with Crippen molar-refractivity contribution in [3.05, 3.63) is 59.7 Å². The number of carboxylic acid groups (broad SMARTS) is 1. The number of methoxy groups -OCH3 is 1. The Morgan fingerprint density at radius 3 is 2.21 bits per heavy atom. The molecule has 2 unspecified atom stereocenters. The molecule has 2 atom stereocenters. The van der Waals surface area contributed by atoms with Crippen molar-refractivity contribution in [3.63, 3.8) is 0 Å². The number of hydrogen-bond acceptors (Lipinski definition) is 5. The van der Waals surface area contributed by atoms with E-state index in [1.54, 1.807) is 0 Å². The molecule has 2 aromatic carbocycles. The smallest absolute Gasteiger partial charge is 0.407 e. The molecule has 0 radical (unpaired) electrons. The van der Waals surface area contributed by atoms with Crippen LogP contribution in [0, 0.1) is 0 Å². The lowest BCUT2D eigenvalue weighted by Gasteiger charge is -2.19. The van der Waals surface area contributed by atoms with E-state index in [9.17, 15) is 14.4 Å². The Kier molecular flexibility index (Phi) is 9.04. The number of ether oxygens (including phenoxy) is 2. The first-order valence-electron chi connectivity index (χ1n) is 11.5. The van der Waals surface area contributed by atoms with E-state index in [1.165, 1.54) is 18.2 Å². The third kappa shape index (κ3) is 6.57. The minimum atomic E-state index is -0.854. The average Bonchev–Trinajstić information content (AvgIpc) is 3.14. The van der Waals surface area contributed by atoms with Crippen LogP contribution in [-0.4, -0.2) is 55.5 Å². The van der Waals surface area contributed by atoms with Crippen LogP contribution in [0.2, 0.25) is 0 Å². The Hall–Kier alpha value is -3.39. The maximum absolute atomic E-state index is 12.4. The summed E-state index contributed by atoms with van der Waals surface area (Å²) in [5.41, 5.74) is 4.62. The number of alkyl carbamates (subject to hydrolysis) is 1. The van der Waals surface area contributed by atoms with Gasteiger partial charge in [0.15, 0.2) is 0 Å². The van der Waals surface area contributed by atoms with Crippen LogP contribution in [0.3, 0.4) is 0 Å². The molecule has 0 bridgehead atoms. The molecule has 0 saturated carbocycles. The summed E-state index contributed by atoms with van der Waals surface area (Å²) in [5, 5.41) is 14.2. The van der Waals surface area contributed by atoms with Gasteiger partial charge in [0.05, 0.1) is 0 Å². The lowest BCUT2D eigenvalue weighted by molar-refractivity contribution is -0.137. The highest BCUT2D eigenvalue weighted by Crippen LogP contribution is 2.44. The molecule has 0 saturated heterocycles. The highest BCUT2D eigenvalue weighted by Gasteiger charge is 2.29. The molecule has 0 aromatic heterocycles. The van der Waals surface area contributed by atoms with Gasteiger partial charge in [-0.05, 0) is 42.0 Å². The number of carboxylic acids is 1. The van der Waals surface area contributed by atoms with Crippen LogP contribution in [0.5, 0.6) is 0 Å². The fourth-order valence-corrected chi connectivity index (χ4v) is 4.28. The van der Waals surface area contributed by atoms with E-state index in [4.69, 9.17) is 14.6 Å². The highest BCUT2D eigenvalue weighted by atomic mass is 16.5. The summed E-state index contributed by atoms with van der Waals surface area (Å²) in [7, 11) is 1.44. The molecule has 3 N–H and O–H groups in total. The molecule has 8 nitrogen and oxygen atoms in total. The van der Waals surface area contributed by atoms with Crippen molar-refractivity contribution in [2.75, 3.05) is 20.3 Å². The van der Waals surface area contributed by atoms with Crippen molar-refractivity contribution < 1.29 is 29.0 Å². The number of fused-ring (bicyclic) bond motifs is 3. The van der Waals surface area contributed by atoms with E-state index in [0.29, 0.717) is 12.8 Å². The zero-order valence-electron chi connectivity index (χ0n) is 19.6. The van der Waals surface area contributed by atoms with E-state index >= 15 is 0 Å². The van der Waals surface area contributed by atoms with Crippen molar-refractivity contribution in [2.24, 2.45) is 0 Å². The first-order chi connectivity index (χ1) is 16.4. The highest BCUT2D eigenvalue weighted by molar-refractivity contribution is 5.81. The van der Waals surface area contributed by atoms with Crippen LogP contribution in [0.15, 0.2) is 48.5 Å². The Bertz CT molecular complexity index is 963. The van der Waals surface area contributed by atoms with Gasteiger partial charge in [-0.1, -0.05) is 48.5 Å². The third-order valence-corrected chi connectivity index (χ3v) is 6.01. The molecule has 1 aliphatic carbocycles. The summed E-state index contributed by atoms with van der Waals surface area (Å²) in [6.07, 6.45) is 0.131. The summed E-state index contributed by atoms with van der Waals surface area (Å²) < 4.78 is 10.8. The topological polar surface area (TPSA) is 114 Å². The summed E-state index contributed by atoms with van der Waals surface area (Å²) in [6, 6.07) is 16.1. The zero-order valence-corrected chi connectivity index (χ0v) is 19.6. The quantitative estimate of drug-likeness (QED) is 0.438. The molecule has 0 heterocycles. The summed E-state index contributed by atoms with van der Waals surface area (Å²) in [5.74, 6) is -1.16. The van der Waals surface area contributed by atoms with Crippen molar-refractivity contribution in [2.45, 2.75) is 50.7 Å². The molecule has 3 rings (SSSR count). The molecule has 8 heteroatoms. The first-order valence-corrected chi connectivity index (χ1v) is 11.5. The van der Waals surface area contributed by atoms with E-state index in [2.05, 4.69) is 34.9 Å². The molecule has 1 aliphatic rings. The third-order valence-electron chi connectivity index (χ3n) is 6.01. The largest absolute Gasteiger partial charge is 0.481 e. The van der Waals surface area contributed by atoms with Gasteiger partial charge in [-0.3, -0.25) is 9.59 Å². The summed E-state index contributed by atoms with van der Waals surface area (Å²) in [6.45, 7) is 2.26. The van der Waals surface area contributed by atoms with Gasteiger partial charge < -0.3 is 25.2 Å².